The lowest BCUT2D eigenvalue weighted by Crippen LogP contribution is -2.11. The van der Waals surface area contributed by atoms with Crippen LogP contribution in [0.4, 0.5) is 13.2 Å². The van der Waals surface area contributed by atoms with Gasteiger partial charge in [0.15, 0.2) is 5.16 Å². The van der Waals surface area contributed by atoms with Gasteiger partial charge in [0.2, 0.25) is 5.82 Å². The van der Waals surface area contributed by atoms with Crippen LogP contribution < -0.4 is 0 Å². The smallest absolute Gasteiger partial charge is 0.254 e. The highest BCUT2D eigenvalue weighted by atomic mass is 35.5. The molecule has 0 aliphatic carbocycles. The van der Waals surface area contributed by atoms with Crippen molar-refractivity contribution in [2.24, 2.45) is 0 Å². The van der Waals surface area contributed by atoms with Crippen LogP contribution in [0.3, 0.4) is 0 Å². The Morgan fingerprint density at radius 2 is 2.06 bits per heavy atom. The highest BCUT2D eigenvalue weighted by molar-refractivity contribution is 7.99. The molecule has 0 spiro atoms. The number of rotatable bonds is 2. The van der Waals surface area contributed by atoms with Gasteiger partial charge in [0.25, 0.3) is 0 Å². The second-order valence-electron chi connectivity index (χ2n) is 2.74. The number of H-pyrrole nitrogens is 1. The molecule has 0 aliphatic heterocycles. The molecule has 0 atom stereocenters. The first kappa shape index (κ1) is 12.1. The molecule has 1 N–H and O–H groups in total. The summed E-state index contributed by atoms with van der Waals surface area (Å²) in [6.45, 7) is 0. The van der Waals surface area contributed by atoms with Gasteiger partial charge in [0, 0.05) is 6.07 Å². The molecular formula is C7H3ClF3N5S. The standard InChI is InChI=1S/C7H3ClF3N5S/c8-3-1-4(17-6-12-2-13-16-6)15-5(14-3)7(9,10)11/h1-2H,(H,12,13,16). The lowest BCUT2D eigenvalue weighted by atomic mass is 10.5. The summed E-state index contributed by atoms with van der Waals surface area (Å²) in [5.74, 6) is -1.29. The van der Waals surface area contributed by atoms with E-state index < -0.39 is 12.0 Å². The molecule has 10 heteroatoms. The summed E-state index contributed by atoms with van der Waals surface area (Å²) in [6.07, 6.45) is -3.41. The summed E-state index contributed by atoms with van der Waals surface area (Å²) in [7, 11) is 0. The van der Waals surface area contributed by atoms with Gasteiger partial charge >= 0.3 is 6.18 Å². The van der Waals surface area contributed by atoms with E-state index in [9.17, 15) is 13.2 Å². The van der Waals surface area contributed by atoms with Crippen molar-refractivity contribution < 1.29 is 13.2 Å². The van der Waals surface area contributed by atoms with E-state index in [-0.39, 0.29) is 10.2 Å². The average Bonchev–Trinajstić information content (AvgIpc) is 2.68. The molecule has 5 nitrogen and oxygen atoms in total. The Hall–Kier alpha value is -1.35. The Balaban J connectivity index is 2.32. The third-order valence-electron chi connectivity index (χ3n) is 1.52. The third kappa shape index (κ3) is 3.07. The van der Waals surface area contributed by atoms with Crippen LogP contribution in [0.15, 0.2) is 22.6 Å². The Labute approximate surface area is 102 Å². The van der Waals surface area contributed by atoms with Crippen molar-refractivity contribution in [3.8, 4) is 0 Å². The number of alkyl halides is 3. The monoisotopic (exact) mass is 281 g/mol. The van der Waals surface area contributed by atoms with Crippen LogP contribution in [0.5, 0.6) is 0 Å². The zero-order valence-corrected chi connectivity index (χ0v) is 9.44. The Bertz CT molecular complexity index is 515. The van der Waals surface area contributed by atoms with E-state index in [1.165, 1.54) is 12.4 Å². The molecule has 0 radical (unpaired) electrons. The van der Waals surface area contributed by atoms with Crippen molar-refractivity contribution >= 4 is 23.4 Å². The molecule has 2 aromatic rings. The molecule has 0 aromatic carbocycles. The molecule has 2 rings (SSSR count). The normalized spacial score (nSPS) is 11.8. The Kier molecular flexibility index (Phi) is 3.20. The van der Waals surface area contributed by atoms with Crippen molar-refractivity contribution in [2.45, 2.75) is 16.4 Å². The van der Waals surface area contributed by atoms with Crippen LogP contribution in [0, 0.1) is 0 Å². The van der Waals surface area contributed by atoms with Crippen molar-refractivity contribution in [2.75, 3.05) is 0 Å². The summed E-state index contributed by atoms with van der Waals surface area (Å²) in [6, 6.07) is 1.21. The highest BCUT2D eigenvalue weighted by Crippen LogP contribution is 2.30. The molecule has 17 heavy (non-hydrogen) atoms. The predicted molar refractivity (Wildman–Crippen MR) is 52.5 cm³/mol. The first-order chi connectivity index (χ1) is 7.95. The molecule has 90 valence electrons. The largest absolute Gasteiger partial charge is 0.451 e. The lowest BCUT2D eigenvalue weighted by Gasteiger charge is -2.06. The van der Waals surface area contributed by atoms with Gasteiger partial charge in [-0.3, -0.25) is 5.10 Å². The van der Waals surface area contributed by atoms with Gasteiger partial charge in [0.1, 0.15) is 16.5 Å². The second kappa shape index (κ2) is 4.49. The number of hydrogen-bond acceptors (Lipinski definition) is 5. The average molecular weight is 282 g/mol. The van der Waals surface area contributed by atoms with E-state index >= 15 is 0 Å². The van der Waals surface area contributed by atoms with Crippen LogP contribution in [0.25, 0.3) is 0 Å². The van der Waals surface area contributed by atoms with Gasteiger partial charge < -0.3 is 0 Å². The second-order valence-corrected chi connectivity index (χ2v) is 4.14. The fourth-order valence-electron chi connectivity index (χ4n) is 0.919. The zero-order valence-electron chi connectivity index (χ0n) is 7.86. The van der Waals surface area contributed by atoms with Gasteiger partial charge in [-0.25, -0.2) is 15.0 Å². The number of hydrogen-bond donors (Lipinski definition) is 1. The van der Waals surface area contributed by atoms with Crippen LogP contribution >= 0.6 is 23.4 Å². The molecule has 0 amide bonds. The van der Waals surface area contributed by atoms with Crippen molar-refractivity contribution in [1.82, 2.24) is 25.1 Å². The number of nitrogens with one attached hydrogen (secondary N) is 1. The minimum atomic E-state index is -4.64. The van der Waals surface area contributed by atoms with Crippen LogP contribution in [0.1, 0.15) is 5.82 Å². The molecule has 2 heterocycles. The fourth-order valence-corrected chi connectivity index (χ4v) is 1.87. The van der Waals surface area contributed by atoms with Gasteiger partial charge in [-0.15, -0.1) is 0 Å². The van der Waals surface area contributed by atoms with E-state index in [0.29, 0.717) is 5.16 Å². The maximum absolute atomic E-state index is 12.4. The van der Waals surface area contributed by atoms with Crippen molar-refractivity contribution in [3.63, 3.8) is 0 Å². The van der Waals surface area contributed by atoms with Gasteiger partial charge in [0.05, 0.1) is 0 Å². The third-order valence-corrected chi connectivity index (χ3v) is 2.52. The molecule has 0 fully saturated rings. The number of nitrogens with zero attached hydrogens (tertiary/aromatic N) is 4. The summed E-state index contributed by atoms with van der Waals surface area (Å²) in [4.78, 5) is 10.2. The molecular weight excluding hydrogens is 279 g/mol. The van der Waals surface area contributed by atoms with Crippen LogP contribution in [-0.4, -0.2) is 25.1 Å². The molecule has 0 bridgehead atoms. The Morgan fingerprint density at radius 1 is 1.29 bits per heavy atom. The maximum Gasteiger partial charge on any atom is 0.451 e. The van der Waals surface area contributed by atoms with Gasteiger partial charge in [-0.05, 0) is 11.8 Å². The van der Waals surface area contributed by atoms with E-state index in [2.05, 4.69) is 25.1 Å². The summed E-state index contributed by atoms with van der Waals surface area (Å²) >= 11 is 6.36. The minimum absolute atomic E-state index is 0.0362. The van der Waals surface area contributed by atoms with Crippen LogP contribution in [0.2, 0.25) is 5.15 Å². The number of halogens is 4. The lowest BCUT2D eigenvalue weighted by molar-refractivity contribution is -0.145. The maximum atomic E-state index is 12.4. The highest BCUT2D eigenvalue weighted by Gasteiger charge is 2.35. The summed E-state index contributed by atoms with van der Waals surface area (Å²) < 4.78 is 37.2. The minimum Gasteiger partial charge on any atom is -0.254 e. The predicted octanol–water partition coefficient (Wildman–Crippen LogP) is 2.42. The summed E-state index contributed by atoms with van der Waals surface area (Å²) in [5.41, 5.74) is 0. The van der Waals surface area contributed by atoms with E-state index in [1.807, 2.05) is 0 Å². The molecule has 2 aromatic heterocycles. The molecule has 0 unspecified atom stereocenters. The molecule has 0 saturated heterocycles. The topological polar surface area (TPSA) is 67.3 Å². The van der Waals surface area contributed by atoms with Gasteiger partial charge in [-0.2, -0.15) is 18.3 Å². The Morgan fingerprint density at radius 3 is 2.65 bits per heavy atom. The first-order valence-electron chi connectivity index (χ1n) is 4.10. The molecule has 0 saturated carbocycles. The van der Waals surface area contributed by atoms with Crippen molar-refractivity contribution in [3.05, 3.63) is 23.4 Å². The van der Waals surface area contributed by atoms with E-state index in [0.717, 1.165) is 11.8 Å². The summed E-state index contributed by atoms with van der Waals surface area (Å²) in [5, 5.41) is 6.10. The van der Waals surface area contributed by atoms with Crippen LogP contribution in [-0.2, 0) is 6.18 Å². The number of aromatic nitrogens is 5. The zero-order chi connectivity index (χ0) is 12.5. The molecule has 0 aliphatic rings. The number of aromatic amines is 1. The SMILES string of the molecule is FC(F)(F)c1nc(Cl)cc(Sc2ncn[nH]2)n1. The first-order valence-corrected chi connectivity index (χ1v) is 5.29. The van der Waals surface area contributed by atoms with Gasteiger partial charge in [-0.1, -0.05) is 11.6 Å². The quantitative estimate of drug-likeness (QED) is 0.856. The van der Waals surface area contributed by atoms with Crippen molar-refractivity contribution in [1.29, 1.82) is 0 Å². The van der Waals surface area contributed by atoms with E-state index in [1.54, 1.807) is 0 Å². The fraction of sp³-hybridized carbons (Fsp3) is 0.143. The van der Waals surface area contributed by atoms with E-state index in [4.69, 9.17) is 11.6 Å².